The monoisotopic (exact) mass is 389 g/mol. The molecular weight excluding hydrogens is 362 g/mol. The number of nitrogens with one attached hydrogen (secondary N) is 2. The van der Waals surface area contributed by atoms with Gasteiger partial charge in [-0.05, 0) is 26.2 Å². The van der Waals surface area contributed by atoms with Crippen molar-refractivity contribution in [2.45, 2.75) is 12.3 Å². The Morgan fingerprint density at radius 2 is 2.08 bits per heavy atom. The lowest BCUT2D eigenvalue weighted by Crippen LogP contribution is -2.26. The first-order valence-corrected chi connectivity index (χ1v) is 8.92. The van der Waals surface area contributed by atoms with Crippen molar-refractivity contribution in [2.24, 2.45) is 5.73 Å². The van der Waals surface area contributed by atoms with Crippen molar-refractivity contribution in [3.05, 3.63) is 45.8 Å². The van der Waals surface area contributed by atoms with E-state index in [9.17, 15) is 14.9 Å². The molecule has 0 saturated carbocycles. The highest BCUT2D eigenvalue weighted by molar-refractivity contribution is 7.98. The molecule has 0 unspecified atom stereocenters. The molecule has 0 aliphatic heterocycles. The Kier molecular flexibility index (Phi) is 12.8. The lowest BCUT2D eigenvalue weighted by molar-refractivity contribution is -0.404. The van der Waals surface area contributed by atoms with Crippen molar-refractivity contribution in [1.82, 2.24) is 15.5 Å². The van der Waals surface area contributed by atoms with Crippen molar-refractivity contribution in [2.75, 3.05) is 40.0 Å². The van der Waals surface area contributed by atoms with Gasteiger partial charge in [0, 0.05) is 19.3 Å². The molecule has 0 spiro atoms. The average Bonchev–Trinajstić information content (AvgIpc) is 3.00. The van der Waals surface area contributed by atoms with E-state index >= 15 is 0 Å². The molecule has 0 radical (unpaired) electrons. The van der Waals surface area contributed by atoms with Gasteiger partial charge in [-0.1, -0.05) is 0 Å². The first-order valence-electron chi connectivity index (χ1n) is 7.77. The summed E-state index contributed by atoms with van der Waals surface area (Å²) in [6, 6.07) is 3.98. The molecule has 11 heteroatoms. The lowest BCUT2D eigenvalue weighted by Gasteiger charge is -2.07. The zero-order valence-corrected chi connectivity index (χ0v) is 16.0. The van der Waals surface area contributed by atoms with E-state index in [1.807, 2.05) is 26.2 Å². The van der Waals surface area contributed by atoms with Crippen LogP contribution in [0.5, 0.6) is 0 Å². The number of nitro groups is 1. The van der Waals surface area contributed by atoms with Crippen molar-refractivity contribution in [1.29, 1.82) is 0 Å². The van der Waals surface area contributed by atoms with Crippen LogP contribution in [0.25, 0.3) is 0 Å². The van der Waals surface area contributed by atoms with Gasteiger partial charge in [0.05, 0.1) is 23.8 Å². The third-order valence-electron chi connectivity index (χ3n) is 2.67. The molecule has 148 valence electrons. The second-order valence-electron chi connectivity index (χ2n) is 5.26. The van der Waals surface area contributed by atoms with Gasteiger partial charge in [-0.3, -0.25) is 14.9 Å². The van der Waals surface area contributed by atoms with E-state index in [2.05, 4.69) is 21.3 Å². The summed E-state index contributed by atoms with van der Waals surface area (Å²) in [4.78, 5) is 21.2. The van der Waals surface area contributed by atoms with Crippen LogP contribution in [0.1, 0.15) is 11.5 Å². The van der Waals surface area contributed by atoms with Gasteiger partial charge >= 0.3 is 5.97 Å². The molecule has 1 aromatic heterocycles. The van der Waals surface area contributed by atoms with Crippen molar-refractivity contribution in [3.8, 4) is 0 Å². The Bertz CT molecular complexity index is 577. The van der Waals surface area contributed by atoms with Crippen LogP contribution < -0.4 is 16.4 Å². The fourth-order valence-corrected chi connectivity index (χ4v) is 2.38. The number of rotatable bonds is 11. The lowest BCUT2D eigenvalue weighted by atomic mass is 10.4. The number of carboxylic acid groups (broad SMARTS) is 1. The minimum atomic E-state index is -0.968. The maximum atomic E-state index is 10.3. The first kappa shape index (κ1) is 23.8. The second-order valence-corrected chi connectivity index (χ2v) is 6.37. The van der Waals surface area contributed by atoms with Crippen molar-refractivity contribution < 1.29 is 19.2 Å². The standard InChI is InChI=1S/C13H22N4O3S.C2H5NO2/c1-14-13(9-17(18)19)15-6-7-21-10-12-5-4-11(20-12)8-16(2)3;3-1-2(4)5/h4-5,9,14-15H,6-8,10H2,1-3H3;1,3H2,(H,4,5)/b13-9-;. The van der Waals surface area contributed by atoms with Crippen molar-refractivity contribution in [3.63, 3.8) is 0 Å². The van der Waals surface area contributed by atoms with Gasteiger partial charge in [-0.15, -0.1) is 0 Å². The van der Waals surface area contributed by atoms with Gasteiger partial charge in [0.25, 0.3) is 6.20 Å². The molecular formula is C15H27N5O5S. The molecule has 0 saturated heterocycles. The molecule has 5 N–H and O–H groups in total. The minimum absolute atomic E-state index is 0.278. The summed E-state index contributed by atoms with van der Waals surface area (Å²) in [5.74, 6) is 2.98. The van der Waals surface area contributed by atoms with E-state index in [1.54, 1.807) is 18.8 Å². The summed E-state index contributed by atoms with van der Waals surface area (Å²) < 4.78 is 5.70. The molecule has 0 bridgehead atoms. The number of carboxylic acids is 1. The highest BCUT2D eigenvalue weighted by Crippen LogP contribution is 2.15. The van der Waals surface area contributed by atoms with Crippen LogP contribution in [-0.4, -0.2) is 60.9 Å². The van der Waals surface area contributed by atoms with Crippen LogP contribution in [0.4, 0.5) is 0 Å². The highest BCUT2D eigenvalue weighted by Gasteiger charge is 2.04. The summed E-state index contributed by atoms with van der Waals surface area (Å²) in [5.41, 5.74) is 4.57. The summed E-state index contributed by atoms with van der Waals surface area (Å²) in [6.45, 7) is 1.17. The number of hydrogen-bond acceptors (Lipinski definition) is 9. The number of furan rings is 1. The van der Waals surface area contributed by atoms with Gasteiger partial charge in [0.15, 0.2) is 5.82 Å². The third kappa shape index (κ3) is 13.1. The summed E-state index contributed by atoms with van der Waals surface area (Å²) >= 11 is 1.72. The molecule has 1 heterocycles. The Hall–Kier alpha value is -2.24. The fraction of sp³-hybridized carbons (Fsp3) is 0.533. The number of carbonyl (C=O) groups is 1. The van der Waals surface area contributed by atoms with Gasteiger partial charge < -0.3 is 30.8 Å². The van der Waals surface area contributed by atoms with E-state index in [0.717, 1.165) is 35.8 Å². The Morgan fingerprint density at radius 3 is 2.58 bits per heavy atom. The molecule has 0 fully saturated rings. The smallest absolute Gasteiger partial charge is 0.317 e. The molecule has 0 aliphatic rings. The second kappa shape index (κ2) is 14.0. The Morgan fingerprint density at radius 1 is 1.46 bits per heavy atom. The van der Waals surface area contributed by atoms with Gasteiger partial charge in [0.1, 0.15) is 11.5 Å². The van der Waals surface area contributed by atoms with Gasteiger partial charge in [0.2, 0.25) is 0 Å². The highest BCUT2D eigenvalue weighted by atomic mass is 32.2. The first-order chi connectivity index (χ1) is 12.3. The molecule has 0 aliphatic carbocycles. The van der Waals surface area contributed by atoms with E-state index in [0.29, 0.717) is 12.4 Å². The van der Waals surface area contributed by atoms with E-state index in [1.165, 1.54) is 0 Å². The molecule has 0 amide bonds. The topological polar surface area (TPSA) is 147 Å². The maximum absolute atomic E-state index is 10.3. The largest absolute Gasteiger partial charge is 0.480 e. The zero-order valence-electron chi connectivity index (χ0n) is 15.2. The number of thioether (sulfide) groups is 1. The van der Waals surface area contributed by atoms with Crippen LogP contribution >= 0.6 is 11.8 Å². The minimum Gasteiger partial charge on any atom is -0.480 e. The Labute approximate surface area is 156 Å². The summed E-state index contributed by atoms with van der Waals surface area (Å²) in [7, 11) is 5.64. The normalized spacial score (nSPS) is 10.9. The van der Waals surface area contributed by atoms with Gasteiger partial charge in [-0.2, -0.15) is 11.8 Å². The van der Waals surface area contributed by atoms with Crippen LogP contribution in [0.15, 0.2) is 28.6 Å². The number of nitrogens with zero attached hydrogens (tertiary/aromatic N) is 2. The van der Waals surface area contributed by atoms with E-state index in [4.69, 9.17) is 9.52 Å². The predicted octanol–water partition coefficient (Wildman–Crippen LogP) is 0.489. The molecule has 26 heavy (non-hydrogen) atoms. The van der Waals surface area contributed by atoms with Crippen molar-refractivity contribution >= 4 is 17.7 Å². The average molecular weight is 389 g/mol. The van der Waals surface area contributed by atoms with Crippen LogP contribution in [0.2, 0.25) is 0 Å². The van der Waals surface area contributed by atoms with Crippen LogP contribution in [0.3, 0.4) is 0 Å². The van der Waals surface area contributed by atoms with Gasteiger partial charge in [-0.25, -0.2) is 0 Å². The fourth-order valence-electron chi connectivity index (χ4n) is 1.63. The Balaban J connectivity index is 0.00000110. The summed E-state index contributed by atoms with van der Waals surface area (Å²) in [6.07, 6.45) is 0.921. The number of nitrogens with two attached hydrogens (primary N) is 1. The molecule has 1 aromatic rings. The quantitative estimate of drug-likeness (QED) is 0.239. The number of aliphatic carboxylic acids is 1. The van der Waals surface area contributed by atoms with E-state index < -0.39 is 10.9 Å². The zero-order chi connectivity index (χ0) is 19.9. The third-order valence-corrected chi connectivity index (χ3v) is 3.66. The number of hydrogen-bond donors (Lipinski definition) is 4. The molecule has 0 aromatic carbocycles. The summed E-state index contributed by atoms with van der Waals surface area (Å²) in [5, 5.41) is 23.7. The molecule has 10 nitrogen and oxygen atoms in total. The van der Waals surface area contributed by atoms with E-state index in [-0.39, 0.29) is 6.54 Å². The maximum Gasteiger partial charge on any atom is 0.317 e. The van der Waals surface area contributed by atoms with Crippen LogP contribution in [0, 0.1) is 10.1 Å². The SMILES string of the molecule is CN/C(=C/[N+](=O)[O-])NCCSCc1ccc(CN(C)C)o1.NCC(=O)O. The van der Waals surface area contributed by atoms with Crippen LogP contribution in [-0.2, 0) is 17.1 Å². The molecule has 0 atom stereocenters. The predicted molar refractivity (Wildman–Crippen MR) is 101 cm³/mol. The molecule has 1 rings (SSSR count).